The zero-order chi connectivity index (χ0) is 13.4. The van der Waals surface area contributed by atoms with Crippen molar-refractivity contribution in [2.45, 2.75) is 25.7 Å². The maximum absolute atomic E-state index is 13.3. The highest BCUT2D eigenvalue weighted by Crippen LogP contribution is 2.34. The lowest BCUT2D eigenvalue weighted by Gasteiger charge is -2.31. The largest absolute Gasteiger partial charge is 0.464 e. The Morgan fingerprint density at radius 1 is 1.37 bits per heavy atom. The zero-order valence-electron chi connectivity index (χ0n) is 10.9. The minimum absolute atomic E-state index is 0.126. The molecule has 3 nitrogen and oxygen atoms in total. The first-order valence-electron chi connectivity index (χ1n) is 6.57. The topological polar surface area (TPSA) is 33.5 Å². The van der Waals surface area contributed by atoms with Crippen LogP contribution in [0, 0.1) is 5.82 Å². The second-order valence-electron chi connectivity index (χ2n) is 5.11. The first-order valence-corrected chi connectivity index (χ1v) is 6.57. The van der Waals surface area contributed by atoms with E-state index in [2.05, 4.69) is 0 Å². The molecule has 2 aromatic rings. The van der Waals surface area contributed by atoms with Crippen LogP contribution in [0.1, 0.15) is 31.2 Å². The SMILES string of the molecule is CC(=O)N1CCC(c2coc3ccc(F)cc23)CC1. The van der Waals surface area contributed by atoms with Crippen molar-refractivity contribution >= 4 is 16.9 Å². The fourth-order valence-corrected chi connectivity index (χ4v) is 2.84. The van der Waals surface area contributed by atoms with Gasteiger partial charge in [0, 0.05) is 31.0 Å². The van der Waals surface area contributed by atoms with Gasteiger partial charge in [-0.15, -0.1) is 0 Å². The van der Waals surface area contributed by atoms with Gasteiger partial charge in [-0.2, -0.15) is 0 Å². The van der Waals surface area contributed by atoms with Gasteiger partial charge in [0.1, 0.15) is 11.4 Å². The van der Waals surface area contributed by atoms with E-state index in [1.54, 1.807) is 19.3 Å². The number of piperidine rings is 1. The van der Waals surface area contributed by atoms with Crippen molar-refractivity contribution in [2.24, 2.45) is 0 Å². The lowest BCUT2D eigenvalue weighted by Crippen LogP contribution is -2.36. The monoisotopic (exact) mass is 261 g/mol. The van der Waals surface area contributed by atoms with Crippen molar-refractivity contribution in [3.63, 3.8) is 0 Å². The molecule has 0 unspecified atom stereocenters. The van der Waals surface area contributed by atoms with Crippen LogP contribution in [0.2, 0.25) is 0 Å². The molecular formula is C15H16FNO2. The minimum Gasteiger partial charge on any atom is -0.464 e. The van der Waals surface area contributed by atoms with Crippen molar-refractivity contribution in [3.8, 4) is 0 Å². The van der Waals surface area contributed by atoms with Crippen LogP contribution < -0.4 is 0 Å². The van der Waals surface area contributed by atoms with Crippen LogP contribution in [-0.4, -0.2) is 23.9 Å². The predicted molar refractivity (Wildman–Crippen MR) is 70.4 cm³/mol. The summed E-state index contributed by atoms with van der Waals surface area (Å²) in [6.07, 6.45) is 3.55. The molecule has 0 spiro atoms. The van der Waals surface area contributed by atoms with Gasteiger partial charge in [-0.05, 0) is 37.0 Å². The summed E-state index contributed by atoms with van der Waals surface area (Å²) in [4.78, 5) is 13.2. The third-order valence-electron chi connectivity index (χ3n) is 3.95. The number of halogens is 1. The molecule has 3 rings (SSSR count). The highest BCUT2D eigenvalue weighted by Gasteiger charge is 2.24. The normalized spacial score (nSPS) is 17.1. The lowest BCUT2D eigenvalue weighted by molar-refractivity contribution is -0.129. The Kier molecular flexibility index (Phi) is 3.01. The van der Waals surface area contributed by atoms with E-state index < -0.39 is 0 Å². The Balaban J connectivity index is 1.85. The van der Waals surface area contributed by atoms with Gasteiger partial charge in [-0.1, -0.05) is 0 Å². The number of hydrogen-bond acceptors (Lipinski definition) is 2. The number of benzene rings is 1. The molecule has 1 aromatic heterocycles. The van der Waals surface area contributed by atoms with Crippen LogP contribution in [0.25, 0.3) is 11.0 Å². The van der Waals surface area contributed by atoms with E-state index in [1.807, 2.05) is 4.90 Å². The summed E-state index contributed by atoms with van der Waals surface area (Å²) in [6, 6.07) is 4.61. The fourth-order valence-electron chi connectivity index (χ4n) is 2.84. The van der Waals surface area contributed by atoms with E-state index in [4.69, 9.17) is 4.42 Å². The van der Waals surface area contributed by atoms with Crippen LogP contribution in [0.5, 0.6) is 0 Å². The minimum atomic E-state index is -0.240. The lowest BCUT2D eigenvalue weighted by atomic mass is 9.89. The Morgan fingerprint density at radius 3 is 2.79 bits per heavy atom. The van der Waals surface area contributed by atoms with Crippen molar-refractivity contribution in [2.75, 3.05) is 13.1 Å². The van der Waals surface area contributed by atoms with Crippen LogP contribution >= 0.6 is 0 Å². The number of nitrogens with zero attached hydrogens (tertiary/aromatic N) is 1. The summed E-state index contributed by atoms with van der Waals surface area (Å²) in [6.45, 7) is 3.13. The molecular weight excluding hydrogens is 245 g/mol. The molecule has 100 valence electrons. The number of rotatable bonds is 1. The van der Waals surface area contributed by atoms with Gasteiger partial charge < -0.3 is 9.32 Å². The second-order valence-corrected chi connectivity index (χ2v) is 5.11. The highest BCUT2D eigenvalue weighted by atomic mass is 19.1. The van der Waals surface area contributed by atoms with E-state index in [-0.39, 0.29) is 11.7 Å². The molecule has 0 radical (unpaired) electrons. The molecule has 1 fully saturated rings. The van der Waals surface area contributed by atoms with E-state index in [0.717, 1.165) is 42.5 Å². The molecule has 4 heteroatoms. The molecule has 0 saturated carbocycles. The number of carbonyl (C=O) groups is 1. The molecule has 1 amide bonds. The first-order chi connectivity index (χ1) is 9.15. The number of likely N-dealkylation sites (tertiary alicyclic amines) is 1. The van der Waals surface area contributed by atoms with Crippen molar-refractivity contribution in [1.29, 1.82) is 0 Å². The molecule has 19 heavy (non-hydrogen) atoms. The molecule has 1 aliphatic rings. The fraction of sp³-hybridized carbons (Fsp3) is 0.400. The summed E-state index contributed by atoms with van der Waals surface area (Å²) >= 11 is 0. The van der Waals surface area contributed by atoms with Gasteiger partial charge in [0.2, 0.25) is 5.91 Å². The van der Waals surface area contributed by atoms with Gasteiger partial charge in [0.05, 0.1) is 6.26 Å². The molecule has 0 atom stereocenters. The maximum atomic E-state index is 13.3. The highest BCUT2D eigenvalue weighted by molar-refractivity contribution is 5.81. The van der Waals surface area contributed by atoms with E-state index in [1.165, 1.54) is 12.1 Å². The quantitative estimate of drug-likeness (QED) is 0.789. The molecule has 0 aliphatic carbocycles. The van der Waals surface area contributed by atoms with Crippen molar-refractivity contribution in [1.82, 2.24) is 4.90 Å². The number of furan rings is 1. The van der Waals surface area contributed by atoms with Gasteiger partial charge in [-0.25, -0.2) is 4.39 Å². The molecule has 1 aliphatic heterocycles. The number of amides is 1. The van der Waals surface area contributed by atoms with E-state index in [0.29, 0.717) is 5.92 Å². The molecule has 2 heterocycles. The zero-order valence-corrected chi connectivity index (χ0v) is 10.9. The first kappa shape index (κ1) is 12.2. The van der Waals surface area contributed by atoms with Gasteiger partial charge >= 0.3 is 0 Å². The summed E-state index contributed by atoms with van der Waals surface area (Å²) < 4.78 is 18.8. The third-order valence-corrected chi connectivity index (χ3v) is 3.95. The Hall–Kier alpha value is -1.84. The number of hydrogen-bond donors (Lipinski definition) is 0. The van der Waals surface area contributed by atoms with Crippen LogP contribution in [-0.2, 0) is 4.79 Å². The Morgan fingerprint density at radius 2 is 2.11 bits per heavy atom. The number of carbonyl (C=O) groups excluding carboxylic acids is 1. The van der Waals surface area contributed by atoms with Gasteiger partial charge in [0.25, 0.3) is 0 Å². The standard InChI is InChI=1S/C15H16FNO2/c1-10(18)17-6-4-11(5-7-17)14-9-19-15-3-2-12(16)8-13(14)15/h2-3,8-9,11H,4-7H2,1H3. The average molecular weight is 261 g/mol. The smallest absolute Gasteiger partial charge is 0.219 e. The van der Waals surface area contributed by atoms with E-state index in [9.17, 15) is 9.18 Å². The second kappa shape index (κ2) is 4.68. The summed E-state index contributed by atoms with van der Waals surface area (Å²) in [7, 11) is 0. The average Bonchev–Trinajstić information content (AvgIpc) is 2.81. The van der Waals surface area contributed by atoms with Crippen LogP contribution in [0.4, 0.5) is 4.39 Å². The summed E-state index contributed by atoms with van der Waals surface area (Å²) in [5.74, 6) is 0.233. The van der Waals surface area contributed by atoms with Gasteiger partial charge in [-0.3, -0.25) is 4.79 Å². The molecule has 1 saturated heterocycles. The summed E-state index contributed by atoms with van der Waals surface area (Å²) in [5, 5.41) is 0.862. The van der Waals surface area contributed by atoms with E-state index >= 15 is 0 Å². The van der Waals surface area contributed by atoms with Crippen molar-refractivity contribution < 1.29 is 13.6 Å². The molecule has 0 N–H and O–H groups in total. The van der Waals surface area contributed by atoms with Gasteiger partial charge in [0.15, 0.2) is 0 Å². The Labute approximate surface area is 111 Å². The van der Waals surface area contributed by atoms with Crippen LogP contribution in [0.15, 0.2) is 28.9 Å². The maximum Gasteiger partial charge on any atom is 0.219 e. The Bertz CT molecular complexity index is 612. The third kappa shape index (κ3) is 2.23. The molecule has 0 bridgehead atoms. The summed E-state index contributed by atoms with van der Waals surface area (Å²) in [5.41, 5.74) is 1.79. The predicted octanol–water partition coefficient (Wildman–Crippen LogP) is 3.30. The molecule has 1 aromatic carbocycles. The number of fused-ring (bicyclic) bond motifs is 1. The van der Waals surface area contributed by atoms with Crippen LogP contribution in [0.3, 0.4) is 0 Å². The van der Waals surface area contributed by atoms with Crippen molar-refractivity contribution in [3.05, 3.63) is 35.8 Å².